The molecule has 0 radical (unpaired) electrons. The summed E-state index contributed by atoms with van der Waals surface area (Å²) < 4.78 is 75.2. The Kier molecular flexibility index (Phi) is 6.63. The minimum absolute atomic E-state index is 0.0217. The lowest BCUT2D eigenvalue weighted by molar-refractivity contribution is -0.141. The van der Waals surface area contributed by atoms with E-state index in [0.29, 0.717) is 31.7 Å². The van der Waals surface area contributed by atoms with Crippen LogP contribution in [0.4, 0.5) is 22.0 Å². The second-order valence-electron chi connectivity index (χ2n) is 9.49. The standard InChI is InChI=1S/C23H28F5N3O3/c1-14-10-16(20(33)30-21(13-32)6-8-34-9-7-21)12-18-29-19(23(26,27)28)17(31(14)18)11-15-2-4-22(24,25)5-3-15/h10,12,15,32H,2-9,11,13H2,1H3,(H,30,33). The fraction of sp³-hybridized carbons (Fsp3) is 0.652. The van der Waals surface area contributed by atoms with Crippen molar-refractivity contribution in [2.45, 2.75) is 69.5 Å². The second-order valence-corrected chi connectivity index (χ2v) is 9.49. The van der Waals surface area contributed by atoms with E-state index in [2.05, 4.69) is 10.3 Å². The van der Waals surface area contributed by atoms with Gasteiger partial charge in [0.25, 0.3) is 5.91 Å². The van der Waals surface area contributed by atoms with E-state index >= 15 is 0 Å². The molecular weight excluding hydrogens is 461 g/mol. The van der Waals surface area contributed by atoms with E-state index in [-0.39, 0.29) is 61.5 Å². The molecule has 1 amide bonds. The molecule has 2 fully saturated rings. The van der Waals surface area contributed by atoms with E-state index in [0.717, 1.165) is 0 Å². The number of ether oxygens (including phenoxy) is 1. The Labute approximate surface area is 193 Å². The van der Waals surface area contributed by atoms with Crippen molar-refractivity contribution in [1.82, 2.24) is 14.7 Å². The van der Waals surface area contributed by atoms with Crippen molar-refractivity contribution in [3.63, 3.8) is 0 Å². The number of imidazole rings is 1. The summed E-state index contributed by atoms with van der Waals surface area (Å²) in [4.78, 5) is 16.8. The van der Waals surface area contributed by atoms with Crippen LogP contribution in [-0.4, -0.2) is 51.7 Å². The lowest BCUT2D eigenvalue weighted by Crippen LogP contribution is -2.54. The molecule has 2 aliphatic rings. The first kappa shape index (κ1) is 24.8. The van der Waals surface area contributed by atoms with Gasteiger partial charge in [0.15, 0.2) is 5.69 Å². The van der Waals surface area contributed by atoms with Gasteiger partial charge < -0.3 is 19.6 Å². The van der Waals surface area contributed by atoms with Gasteiger partial charge in [-0.05, 0) is 57.1 Å². The van der Waals surface area contributed by atoms with Crippen LogP contribution in [0.2, 0.25) is 0 Å². The van der Waals surface area contributed by atoms with Gasteiger partial charge >= 0.3 is 6.18 Å². The fourth-order valence-electron chi connectivity index (χ4n) is 4.96. The second kappa shape index (κ2) is 9.07. The van der Waals surface area contributed by atoms with Crippen LogP contribution in [0.25, 0.3) is 5.65 Å². The number of hydrogen-bond donors (Lipinski definition) is 2. The molecule has 34 heavy (non-hydrogen) atoms. The van der Waals surface area contributed by atoms with Crippen LogP contribution in [0.5, 0.6) is 0 Å². The number of nitrogens with zero attached hydrogens (tertiary/aromatic N) is 2. The summed E-state index contributed by atoms with van der Waals surface area (Å²) >= 11 is 0. The number of aliphatic hydroxyl groups is 1. The number of fused-ring (bicyclic) bond motifs is 1. The number of alkyl halides is 5. The Balaban J connectivity index is 1.66. The zero-order valence-corrected chi connectivity index (χ0v) is 18.9. The average Bonchev–Trinajstić information content (AvgIpc) is 3.15. The molecule has 6 nitrogen and oxygen atoms in total. The Morgan fingerprint density at radius 3 is 2.44 bits per heavy atom. The van der Waals surface area contributed by atoms with Crippen molar-refractivity contribution < 1.29 is 36.6 Å². The average molecular weight is 489 g/mol. The number of aromatic nitrogens is 2. The van der Waals surface area contributed by atoms with Gasteiger partial charge in [0, 0.05) is 37.3 Å². The number of rotatable bonds is 5. The molecule has 188 valence electrons. The number of halogens is 5. The van der Waals surface area contributed by atoms with Gasteiger partial charge in [-0.15, -0.1) is 0 Å². The number of carbonyl (C=O) groups excluding carboxylic acids is 1. The highest BCUT2D eigenvalue weighted by molar-refractivity contribution is 5.95. The molecule has 0 bridgehead atoms. The third kappa shape index (κ3) is 5.05. The summed E-state index contributed by atoms with van der Waals surface area (Å²) in [5.74, 6) is -3.59. The lowest BCUT2D eigenvalue weighted by Gasteiger charge is -2.36. The first-order chi connectivity index (χ1) is 15.9. The highest BCUT2D eigenvalue weighted by atomic mass is 19.4. The summed E-state index contributed by atoms with van der Waals surface area (Å²) in [5.41, 5.74) is -1.49. The Morgan fingerprint density at radius 1 is 1.21 bits per heavy atom. The summed E-state index contributed by atoms with van der Waals surface area (Å²) in [6.45, 7) is 2.06. The zero-order valence-electron chi connectivity index (χ0n) is 18.9. The van der Waals surface area contributed by atoms with Gasteiger partial charge in [-0.25, -0.2) is 13.8 Å². The maximum atomic E-state index is 13.8. The molecule has 0 atom stereocenters. The van der Waals surface area contributed by atoms with Crippen LogP contribution in [0.1, 0.15) is 66.0 Å². The predicted molar refractivity (Wildman–Crippen MR) is 113 cm³/mol. The third-order valence-electron chi connectivity index (χ3n) is 6.98. The smallest absolute Gasteiger partial charge is 0.394 e. The maximum absolute atomic E-state index is 13.8. The van der Waals surface area contributed by atoms with Crippen LogP contribution in [-0.2, 0) is 17.3 Å². The molecule has 3 heterocycles. The molecule has 11 heteroatoms. The van der Waals surface area contributed by atoms with Gasteiger partial charge in [-0.1, -0.05) is 0 Å². The Hall–Kier alpha value is -2.27. The number of hydrogen-bond acceptors (Lipinski definition) is 4. The molecule has 1 aliphatic carbocycles. The minimum atomic E-state index is -4.72. The number of amides is 1. The molecule has 0 spiro atoms. The van der Waals surface area contributed by atoms with Crippen LogP contribution in [0, 0.1) is 12.8 Å². The molecular formula is C23H28F5N3O3. The minimum Gasteiger partial charge on any atom is -0.394 e. The van der Waals surface area contributed by atoms with Gasteiger partial charge in [0.2, 0.25) is 5.92 Å². The Bertz CT molecular complexity index is 1050. The van der Waals surface area contributed by atoms with Crippen molar-refractivity contribution in [2.24, 2.45) is 5.92 Å². The van der Waals surface area contributed by atoms with E-state index in [1.165, 1.54) is 16.5 Å². The maximum Gasteiger partial charge on any atom is 0.435 e. The van der Waals surface area contributed by atoms with Crippen molar-refractivity contribution in [3.8, 4) is 0 Å². The molecule has 1 aliphatic heterocycles. The number of aryl methyl sites for hydroxylation is 1. The SMILES string of the molecule is Cc1cc(C(=O)NC2(CO)CCOCC2)cc2nc(C(F)(F)F)c(CC3CCC(F)(F)CC3)n12. The monoisotopic (exact) mass is 489 g/mol. The van der Waals surface area contributed by atoms with Crippen LogP contribution >= 0.6 is 0 Å². The zero-order chi connectivity index (χ0) is 24.7. The molecule has 1 saturated heterocycles. The molecule has 4 rings (SSSR count). The van der Waals surface area contributed by atoms with Crippen molar-refractivity contribution in [1.29, 1.82) is 0 Å². The van der Waals surface area contributed by atoms with E-state index in [4.69, 9.17) is 4.74 Å². The first-order valence-corrected chi connectivity index (χ1v) is 11.4. The summed E-state index contributed by atoms with van der Waals surface area (Å²) in [6.07, 6.45) is -4.29. The number of carbonyl (C=O) groups is 1. The van der Waals surface area contributed by atoms with E-state index in [9.17, 15) is 31.9 Å². The molecule has 0 unspecified atom stereocenters. The van der Waals surface area contributed by atoms with Gasteiger partial charge in [0.1, 0.15) is 5.65 Å². The molecule has 0 aromatic carbocycles. The lowest BCUT2D eigenvalue weighted by atomic mass is 9.83. The van der Waals surface area contributed by atoms with Gasteiger partial charge in [-0.2, -0.15) is 13.2 Å². The third-order valence-corrected chi connectivity index (χ3v) is 6.98. The molecule has 2 aromatic heterocycles. The largest absolute Gasteiger partial charge is 0.435 e. The van der Waals surface area contributed by atoms with E-state index in [1.54, 1.807) is 6.92 Å². The first-order valence-electron chi connectivity index (χ1n) is 11.4. The number of pyridine rings is 1. The van der Waals surface area contributed by atoms with Crippen LogP contribution < -0.4 is 5.32 Å². The predicted octanol–water partition coefficient (Wildman–Crippen LogP) is 4.30. The van der Waals surface area contributed by atoms with Crippen LogP contribution in [0.15, 0.2) is 12.1 Å². The number of nitrogens with one attached hydrogen (secondary N) is 1. The highest BCUT2D eigenvalue weighted by Crippen LogP contribution is 2.40. The van der Waals surface area contributed by atoms with Gasteiger partial charge in [-0.3, -0.25) is 4.79 Å². The van der Waals surface area contributed by atoms with Crippen LogP contribution in [0.3, 0.4) is 0 Å². The Morgan fingerprint density at radius 2 is 1.85 bits per heavy atom. The van der Waals surface area contributed by atoms with Gasteiger partial charge in [0.05, 0.1) is 17.8 Å². The highest BCUT2D eigenvalue weighted by Gasteiger charge is 2.41. The van der Waals surface area contributed by atoms with Crippen molar-refractivity contribution in [2.75, 3.05) is 19.8 Å². The van der Waals surface area contributed by atoms with E-state index in [1.807, 2.05) is 0 Å². The van der Waals surface area contributed by atoms with Crippen molar-refractivity contribution >= 4 is 11.6 Å². The summed E-state index contributed by atoms with van der Waals surface area (Å²) in [6, 6.07) is 2.77. The summed E-state index contributed by atoms with van der Waals surface area (Å²) in [7, 11) is 0. The van der Waals surface area contributed by atoms with E-state index < -0.39 is 29.2 Å². The normalized spacial score (nSPS) is 21.0. The topological polar surface area (TPSA) is 75.9 Å². The fourth-order valence-corrected chi connectivity index (χ4v) is 4.96. The molecule has 2 N–H and O–H groups in total. The number of aliphatic hydroxyl groups excluding tert-OH is 1. The quantitative estimate of drug-likeness (QED) is 0.615. The molecule has 1 saturated carbocycles. The van der Waals surface area contributed by atoms with Crippen molar-refractivity contribution in [3.05, 3.63) is 34.8 Å². The summed E-state index contributed by atoms with van der Waals surface area (Å²) in [5, 5.41) is 12.6. The molecule has 2 aromatic rings.